The van der Waals surface area contributed by atoms with Crippen molar-refractivity contribution in [2.75, 3.05) is 19.9 Å². The van der Waals surface area contributed by atoms with Crippen LogP contribution < -0.4 is 4.74 Å². The van der Waals surface area contributed by atoms with E-state index in [0.29, 0.717) is 17.9 Å². The largest absolute Gasteiger partial charge is 0.493 e. The number of hydrogen-bond acceptors (Lipinski definition) is 4. The van der Waals surface area contributed by atoms with E-state index >= 15 is 0 Å². The number of aromatic hydroxyl groups is 1. The lowest BCUT2D eigenvalue weighted by atomic mass is 10.2. The van der Waals surface area contributed by atoms with Crippen LogP contribution in [-0.2, 0) is 4.74 Å². The monoisotopic (exact) mass is 293 g/mol. The standard InChI is InChI=1S/C16H20FNO3/c1-2-3-9-20-11-13(10-17)21-14-6-4-5-12-7-8-15(19)18-16(12)14/h4-8,13H,2-3,9-11H2,1H3,(H,18,19). The molecule has 0 aliphatic heterocycles. The fourth-order valence-electron chi connectivity index (χ4n) is 1.96. The first kappa shape index (κ1) is 15.5. The van der Waals surface area contributed by atoms with Crippen LogP contribution in [0.3, 0.4) is 0 Å². The van der Waals surface area contributed by atoms with E-state index in [4.69, 9.17) is 9.47 Å². The molecule has 0 fully saturated rings. The first-order valence-electron chi connectivity index (χ1n) is 7.13. The second kappa shape index (κ2) is 7.78. The van der Waals surface area contributed by atoms with Crippen molar-refractivity contribution >= 4 is 10.9 Å². The van der Waals surface area contributed by atoms with Crippen LogP contribution in [0.4, 0.5) is 4.39 Å². The van der Waals surface area contributed by atoms with Gasteiger partial charge in [-0.3, -0.25) is 0 Å². The summed E-state index contributed by atoms with van der Waals surface area (Å²) in [7, 11) is 0. The fraction of sp³-hybridized carbons (Fsp3) is 0.438. The van der Waals surface area contributed by atoms with Crippen LogP contribution in [0.25, 0.3) is 10.9 Å². The maximum atomic E-state index is 13.1. The molecule has 0 amide bonds. The summed E-state index contributed by atoms with van der Waals surface area (Å²) in [6.07, 6.45) is 1.31. The Hall–Kier alpha value is -1.88. The highest BCUT2D eigenvalue weighted by atomic mass is 19.1. The summed E-state index contributed by atoms with van der Waals surface area (Å²) < 4.78 is 24.1. The third-order valence-corrected chi connectivity index (χ3v) is 3.08. The number of aromatic nitrogens is 1. The zero-order chi connectivity index (χ0) is 15.1. The summed E-state index contributed by atoms with van der Waals surface area (Å²) in [6, 6.07) is 8.63. The van der Waals surface area contributed by atoms with E-state index in [-0.39, 0.29) is 12.5 Å². The van der Waals surface area contributed by atoms with Gasteiger partial charge in [0.1, 0.15) is 17.9 Å². The Morgan fingerprint density at radius 3 is 2.90 bits per heavy atom. The minimum absolute atomic E-state index is 0.0884. The zero-order valence-electron chi connectivity index (χ0n) is 12.1. The maximum absolute atomic E-state index is 13.1. The Kier molecular flexibility index (Phi) is 5.75. The molecule has 5 heteroatoms. The minimum atomic E-state index is -0.670. The van der Waals surface area contributed by atoms with Gasteiger partial charge in [-0.05, 0) is 18.6 Å². The van der Waals surface area contributed by atoms with Crippen LogP contribution in [0.2, 0.25) is 0 Å². The molecule has 0 bridgehead atoms. The van der Waals surface area contributed by atoms with E-state index in [2.05, 4.69) is 11.9 Å². The highest BCUT2D eigenvalue weighted by Gasteiger charge is 2.13. The molecule has 0 spiro atoms. The lowest BCUT2D eigenvalue weighted by molar-refractivity contribution is 0.0373. The summed E-state index contributed by atoms with van der Waals surface area (Å²) in [5, 5.41) is 10.3. The molecule has 114 valence electrons. The molecule has 1 heterocycles. The summed E-state index contributed by atoms with van der Waals surface area (Å²) >= 11 is 0. The maximum Gasteiger partial charge on any atom is 0.211 e. The first-order valence-corrected chi connectivity index (χ1v) is 7.13. The summed E-state index contributed by atoms with van der Waals surface area (Å²) in [5.74, 6) is 0.361. The van der Waals surface area contributed by atoms with Crippen molar-refractivity contribution in [2.24, 2.45) is 0 Å². The molecule has 0 aliphatic carbocycles. The average Bonchev–Trinajstić information content (AvgIpc) is 2.50. The molecule has 21 heavy (non-hydrogen) atoms. The molecule has 1 atom stereocenters. The van der Waals surface area contributed by atoms with Gasteiger partial charge in [-0.1, -0.05) is 25.5 Å². The van der Waals surface area contributed by atoms with E-state index in [1.807, 2.05) is 12.1 Å². The molecule has 0 saturated carbocycles. The second-order valence-corrected chi connectivity index (χ2v) is 4.82. The van der Waals surface area contributed by atoms with E-state index in [1.54, 1.807) is 12.1 Å². The Labute approximate surface area is 123 Å². The smallest absolute Gasteiger partial charge is 0.211 e. The summed E-state index contributed by atoms with van der Waals surface area (Å²) in [6.45, 7) is 2.23. The van der Waals surface area contributed by atoms with Gasteiger partial charge in [-0.2, -0.15) is 0 Å². The molecule has 2 aromatic rings. The van der Waals surface area contributed by atoms with Crippen molar-refractivity contribution < 1.29 is 19.0 Å². The number of alkyl halides is 1. The van der Waals surface area contributed by atoms with Gasteiger partial charge in [0.25, 0.3) is 0 Å². The number of benzene rings is 1. The molecule has 2 rings (SSSR count). The van der Waals surface area contributed by atoms with Crippen LogP contribution in [-0.4, -0.2) is 36.1 Å². The quantitative estimate of drug-likeness (QED) is 0.757. The zero-order valence-corrected chi connectivity index (χ0v) is 12.1. The predicted octanol–water partition coefficient (Wildman–Crippen LogP) is 3.47. The van der Waals surface area contributed by atoms with Crippen molar-refractivity contribution in [2.45, 2.75) is 25.9 Å². The number of rotatable bonds is 8. The van der Waals surface area contributed by atoms with Crippen LogP contribution in [0.1, 0.15) is 19.8 Å². The van der Waals surface area contributed by atoms with Gasteiger partial charge in [0.15, 0.2) is 6.10 Å². The highest BCUT2D eigenvalue weighted by Crippen LogP contribution is 2.26. The first-order chi connectivity index (χ1) is 10.2. The van der Waals surface area contributed by atoms with E-state index in [0.717, 1.165) is 18.2 Å². The molecule has 0 saturated heterocycles. The molecule has 1 aromatic heterocycles. The number of pyridine rings is 1. The highest BCUT2D eigenvalue weighted by molar-refractivity contribution is 5.84. The van der Waals surface area contributed by atoms with Crippen LogP contribution in [0.15, 0.2) is 30.3 Å². The van der Waals surface area contributed by atoms with Crippen molar-refractivity contribution in [1.82, 2.24) is 4.98 Å². The van der Waals surface area contributed by atoms with Crippen molar-refractivity contribution in [1.29, 1.82) is 0 Å². The van der Waals surface area contributed by atoms with Gasteiger partial charge in [-0.25, -0.2) is 9.37 Å². The average molecular weight is 293 g/mol. The van der Waals surface area contributed by atoms with Gasteiger partial charge in [0.05, 0.1) is 6.61 Å². The third kappa shape index (κ3) is 4.29. The number of nitrogens with zero attached hydrogens (tertiary/aromatic N) is 1. The Morgan fingerprint density at radius 2 is 2.14 bits per heavy atom. The number of para-hydroxylation sites is 1. The minimum Gasteiger partial charge on any atom is -0.493 e. The number of ether oxygens (including phenoxy) is 2. The Bertz CT molecular complexity index is 576. The van der Waals surface area contributed by atoms with Gasteiger partial charge < -0.3 is 14.6 Å². The van der Waals surface area contributed by atoms with Crippen LogP contribution >= 0.6 is 0 Å². The molecular weight excluding hydrogens is 273 g/mol. The predicted molar refractivity (Wildman–Crippen MR) is 79.5 cm³/mol. The molecule has 4 nitrogen and oxygen atoms in total. The molecule has 0 aliphatic rings. The normalized spacial score (nSPS) is 12.5. The van der Waals surface area contributed by atoms with Gasteiger partial charge in [0, 0.05) is 18.1 Å². The number of fused-ring (bicyclic) bond motifs is 1. The molecule has 1 N–H and O–H groups in total. The summed E-state index contributed by atoms with van der Waals surface area (Å²) in [5.41, 5.74) is 0.518. The Morgan fingerprint density at radius 1 is 1.29 bits per heavy atom. The topological polar surface area (TPSA) is 51.6 Å². The number of unbranched alkanes of at least 4 members (excludes halogenated alkanes) is 1. The van der Waals surface area contributed by atoms with Crippen molar-refractivity contribution in [3.8, 4) is 11.6 Å². The lowest BCUT2D eigenvalue weighted by Gasteiger charge is -2.17. The molecule has 1 unspecified atom stereocenters. The van der Waals surface area contributed by atoms with E-state index in [1.165, 1.54) is 6.07 Å². The van der Waals surface area contributed by atoms with Gasteiger partial charge in [-0.15, -0.1) is 0 Å². The second-order valence-electron chi connectivity index (χ2n) is 4.82. The molecule has 0 radical (unpaired) electrons. The third-order valence-electron chi connectivity index (χ3n) is 3.08. The molecular formula is C16H20FNO3. The lowest BCUT2D eigenvalue weighted by Crippen LogP contribution is -2.25. The molecule has 1 aromatic carbocycles. The number of halogens is 1. The summed E-state index contributed by atoms with van der Waals surface area (Å²) in [4.78, 5) is 4.04. The Balaban J connectivity index is 2.08. The van der Waals surface area contributed by atoms with Crippen molar-refractivity contribution in [3.63, 3.8) is 0 Å². The SMILES string of the molecule is CCCCOCC(CF)Oc1cccc2ccc(O)nc12. The van der Waals surface area contributed by atoms with Gasteiger partial charge >= 0.3 is 0 Å². The van der Waals surface area contributed by atoms with Crippen LogP contribution in [0, 0.1) is 0 Å². The van der Waals surface area contributed by atoms with Crippen LogP contribution in [0.5, 0.6) is 11.6 Å². The van der Waals surface area contributed by atoms with E-state index < -0.39 is 12.8 Å². The number of hydrogen-bond donors (Lipinski definition) is 1. The van der Waals surface area contributed by atoms with E-state index in [9.17, 15) is 9.50 Å². The fourth-order valence-corrected chi connectivity index (χ4v) is 1.96. The van der Waals surface area contributed by atoms with Crippen molar-refractivity contribution in [3.05, 3.63) is 30.3 Å². The van der Waals surface area contributed by atoms with Gasteiger partial charge in [0.2, 0.25) is 5.88 Å².